The Kier molecular flexibility index (Phi) is 7.19. The van der Waals surface area contributed by atoms with Crippen LogP contribution in [0.2, 0.25) is 0 Å². The number of H-pyrrole nitrogens is 1. The van der Waals surface area contributed by atoms with Gasteiger partial charge in [0.25, 0.3) is 0 Å². The van der Waals surface area contributed by atoms with Gasteiger partial charge in [-0.15, -0.1) is 0 Å². The molecule has 1 aromatic carbocycles. The number of hydrogen-bond acceptors (Lipinski definition) is 5. The number of piperidine rings is 2. The van der Waals surface area contributed by atoms with Gasteiger partial charge in [-0.25, -0.2) is 4.79 Å². The summed E-state index contributed by atoms with van der Waals surface area (Å²) >= 11 is 0. The Morgan fingerprint density at radius 3 is 2.52 bits per heavy atom. The quantitative estimate of drug-likeness (QED) is 0.621. The molecule has 0 aliphatic carbocycles. The molecule has 1 atom stereocenters. The van der Waals surface area contributed by atoms with E-state index in [1.165, 1.54) is 16.5 Å². The van der Waals surface area contributed by atoms with Crippen LogP contribution < -0.4 is 5.32 Å². The van der Waals surface area contributed by atoms with Crippen LogP contribution in [0.4, 0.5) is 10.5 Å². The van der Waals surface area contributed by atoms with Crippen molar-refractivity contribution in [2.24, 2.45) is 5.92 Å². The maximum Gasteiger partial charge on any atom is 0.410 e. The molecule has 4 rings (SSSR count). The second-order valence-corrected chi connectivity index (χ2v) is 10.7. The minimum absolute atomic E-state index is 0.239. The molecule has 0 saturated carbocycles. The molecule has 1 unspecified atom stereocenters. The summed E-state index contributed by atoms with van der Waals surface area (Å²) in [5.41, 5.74) is 3.28. The lowest BCUT2D eigenvalue weighted by molar-refractivity contribution is 0.000446. The van der Waals surface area contributed by atoms with E-state index in [2.05, 4.69) is 39.6 Å². The van der Waals surface area contributed by atoms with Crippen molar-refractivity contribution in [3.8, 4) is 0 Å². The fraction of sp³-hybridized carbons (Fsp3) is 0.654. The van der Waals surface area contributed by atoms with Gasteiger partial charge < -0.3 is 29.9 Å². The van der Waals surface area contributed by atoms with E-state index in [0.717, 1.165) is 51.0 Å². The van der Waals surface area contributed by atoms with Gasteiger partial charge in [0.15, 0.2) is 0 Å². The number of amides is 1. The van der Waals surface area contributed by atoms with E-state index < -0.39 is 5.60 Å². The zero-order valence-corrected chi connectivity index (χ0v) is 20.6. The lowest BCUT2D eigenvalue weighted by Gasteiger charge is -2.38. The van der Waals surface area contributed by atoms with Crippen LogP contribution in [-0.4, -0.2) is 77.5 Å². The number of anilines is 1. The van der Waals surface area contributed by atoms with Crippen LogP contribution in [0.25, 0.3) is 10.9 Å². The monoisotopic (exact) mass is 456 g/mol. The van der Waals surface area contributed by atoms with Crippen LogP contribution in [0.15, 0.2) is 24.4 Å². The smallest absolute Gasteiger partial charge is 0.410 e. The van der Waals surface area contributed by atoms with Gasteiger partial charge in [-0.1, -0.05) is 0 Å². The van der Waals surface area contributed by atoms with Gasteiger partial charge in [-0.3, -0.25) is 0 Å². The third-order valence-corrected chi connectivity index (χ3v) is 7.21. The molecular formula is C26H40N4O3. The number of aliphatic hydroxyl groups is 1. The molecule has 182 valence electrons. The SMILES string of the molecule is CNc1ccc2[nH]cc(C3CCN(CC(O)C4CCN(C(=O)OC(C)(C)C)CC4)CC3)c2c1. The highest BCUT2D eigenvalue weighted by Crippen LogP contribution is 2.34. The van der Waals surface area contributed by atoms with Gasteiger partial charge in [-0.2, -0.15) is 0 Å². The van der Waals surface area contributed by atoms with Crippen molar-refractivity contribution in [3.63, 3.8) is 0 Å². The van der Waals surface area contributed by atoms with Gasteiger partial charge in [-0.05, 0) is 95.1 Å². The predicted molar refractivity (Wildman–Crippen MR) is 133 cm³/mol. The van der Waals surface area contributed by atoms with E-state index in [9.17, 15) is 9.90 Å². The normalized spacial score (nSPS) is 20.2. The molecule has 1 amide bonds. The van der Waals surface area contributed by atoms with E-state index in [0.29, 0.717) is 19.0 Å². The van der Waals surface area contributed by atoms with E-state index in [1.807, 2.05) is 27.8 Å². The molecule has 0 bridgehead atoms. The Morgan fingerprint density at radius 1 is 1.18 bits per heavy atom. The zero-order valence-electron chi connectivity index (χ0n) is 20.6. The number of benzene rings is 1. The number of nitrogens with one attached hydrogen (secondary N) is 2. The molecule has 3 heterocycles. The highest BCUT2D eigenvalue weighted by Gasteiger charge is 2.31. The number of hydrogen-bond donors (Lipinski definition) is 3. The molecule has 1 aromatic heterocycles. The number of carbonyl (C=O) groups excluding carboxylic acids is 1. The third-order valence-electron chi connectivity index (χ3n) is 7.21. The molecule has 33 heavy (non-hydrogen) atoms. The second-order valence-electron chi connectivity index (χ2n) is 10.7. The number of β-amino-alcohol motifs (C(OH)–C–C–N with tert-alkyl or cyclic N) is 1. The van der Waals surface area contributed by atoms with Gasteiger partial charge in [0.05, 0.1) is 6.10 Å². The van der Waals surface area contributed by atoms with Crippen molar-refractivity contribution in [2.45, 2.75) is 64.1 Å². The highest BCUT2D eigenvalue weighted by atomic mass is 16.6. The van der Waals surface area contributed by atoms with Gasteiger partial charge >= 0.3 is 6.09 Å². The number of ether oxygens (including phenoxy) is 1. The minimum atomic E-state index is -0.471. The van der Waals surface area contributed by atoms with Crippen molar-refractivity contribution in [2.75, 3.05) is 45.1 Å². The van der Waals surface area contributed by atoms with Crippen LogP contribution in [0.3, 0.4) is 0 Å². The number of aliphatic hydroxyl groups excluding tert-OH is 1. The Morgan fingerprint density at radius 2 is 1.88 bits per heavy atom. The van der Waals surface area contributed by atoms with Crippen LogP contribution in [0.5, 0.6) is 0 Å². The third kappa shape index (κ3) is 5.82. The molecule has 7 heteroatoms. The van der Waals surface area contributed by atoms with Crippen LogP contribution in [0.1, 0.15) is 57.9 Å². The molecule has 0 radical (unpaired) electrons. The first-order chi connectivity index (χ1) is 15.7. The Labute approximate surface area is 197 Å². The van der Waals surface area contributed by atoms with Crippen LogP contribution in [-0.2, 0) is 4.74 Å². The lowest BCUT2D eigenvalue weighted by Crippen LogP contribution is -2.46. The second kappa shape index (κ2) is 9.94. The Hall–Kier alpha value is -2.25. The fourth-order valence-electron chi connectivity index (χ4n) is 5.27. The highest BCUT2D eigenvalue weighted by molar-refractivity contribution is 5.87. The summed E-state index contributed by atoms with van der Waals surface area (Å²) in [6, 6.07) is 6.48. The number of likely N-dealkylation sites (tertiary alicyclic amines) is 2. The number of carbonyl (C=O) groups is 1. The lowest BCUT2D eigenvalue weighted by atomic mass is 9.87. The summed E-state index contributed by atoms with van der Waals surface area (Å²) in [4.78, 5) is 19.9. The van der Waals surface area contributed by atoms with Crippen molar-refractivity contribution in [3.05, 3.63) is 30.0 Å². The minimum Gasteiger partial charge on any atom is -0.444 e. The average molecular weight is 457 g/mol. The van der Waals surface area contributed by atoms with E-state index in [1.54, 1.807) is 4.90 Å². The number of rotatable bonds is 5. The largest absolute Gasteiger partial charge is 0.444 e. The van der Waals surface area contributed by atoms with Gasteiger partial charge in [0.1, 0.15) is 5.60 Å². The standard InChI is InChI=1S/C26H40N4O3/c1-26(2,3)33-25(32)30-13-9-19(10-14-30)24(31)17-29-11-7-18(8-12-29)22-16-28-23-6-5-20(27-4)15-21(22)23/h5-6,15-16,18-19,24,27-28,31H,7-14,17H2,1-4H3. The zero-order chi connectivity index (χ0) is 23.6. The van der Waals surface area contributed by atoms with E-state index in [4.69, 9.17) is 4.74 Å². The summed E-state index contributed by atoms with van der Waals surface area (Å²) < 4.78 is 5.49. The molecule has 0 spiro atoms. The number of aromatic nitrogens is 1. The molecule has 2 fully saturated rings. The Bertz CT molecular complexity index is 935. The first-order valence-electron chi connectivity index (χ1n) is 12.4. The molecule has 2 aliphatic rings. The first kappa shape index (κ1) is 23.9. The molecule has 2 aliphatic heterocycles. The number of nitrogens with zero attached hydrogens (tertiary/aromatic N) is 2. The summed E-state index contributed by atoms with van der Waals surface area (Å²) in [6.07, 6.45) is 5.49. The van der Waals surface area contributed by atoms with Crippen LogP contribution >= 0.6 is 0 Å². The summed E-state index contributed by atoms with van der Waals surface area (Å²) in [5, 5.41) is 15.5. The first-order valence-corrected chi connectivity index (χ1v) is 12.4. The number of aromatic amines is 1. The topological polar surface area (TPSA) is 80.8 Å². The maximum absolute atomic E-state index is 12.3. The van der Waals surface area contributed by atoms with Gasteiger partial charge in [0, 0.05) is 49.5 Å². The van der Waals surface area contributed by atoms with Crippen molar-refractivity contribution in [1.29, 1.82) is 0 Å². The summed E-state index contributed by atoms with van der Waals surface area (Å²) in [7, 11) is 1.96. The Balaban J connectivity index is 1.25. The molecule has 7 nitrogen and oxygen atoms in total. The molecular weight excluding hydrogens is 416 g/mol. The van der Waals surface area contributed by atoms with Crippen molar-refractivity contribution >= 4 is 22.7 Å². The average Bonchev–Trinajstić information content (AvgIpc) is 3.21. The van der Waals surface area contributed by atoms with E-state index >= 15 is 0 Å². The van der Waals surface area contributed by atoms with E-state index in [-0.39, 0.29) is 18.1 Å². The molecule has 2 aromatic rings. The van der Waals surface area contributed by atoms with Crippen molar-refractivity contribution < 1.29 is 14.6 Å². The molecule has 2 saturated heterocycles. The molecule has 3 N–H and O–H groups in total. The predicted octanol–water partition coefficient (Wildman–Crippen LogP) is 4.40. The summed E-state index contributed by atoms with van der Waals surface area (Å²) in [5.74, 6) is 0.798. The van der Waals surface area contributed by atoms with Gasteiger partial charge in [0.2, 0.25) is 0 Å². The summed E-state index contributed by atoms with van der Waals surface area (Å²) in [6.45, 7) is 9.74. The van der Waals surface area contributed by atoms with Crippen molar-refractivity contribution in [1.82, 2.24) is 14.8 Å². The number of fused-ring (bicyclic) bond motifs is 1. The van der Waals surface area contributed by atoms with Crippen LogP contribution in [0, 0.1) is 5.92 Å². The maximum atomic E-state index is 12.3. The fourth-order valence-corrected chi connectivity index (χ4v) is 5.27.